The lowest BCUT2D eigenvalue weighted by Crippen LogP contribution is -2.25. The van der Waals surface area contributed by atoms with E-state index in [-0.39, 0.29) is 11.1 Å². The molecule has 1 saturated heterocycles. The Kier molecular flexibility index (Phi) is 4.85. The van der Waals surface area contributed by atoms with Crippen LogP contribution < -0.4 is 10.2 Å². The molecule has 27 heavy (non-hydrogen) atoms. The van der Waals surface area contributed by atoms with Gasteiger partial charge in [0.1, 0.15) is 0 Å². The number of thiocarbonyl (C=S) groups is 1. The first-order valence-corrected chi connectivity index (χ1v) is 9.12. The standard InChI is InChI=1S/C22H18N2O2S/c25-21-20(26-22(27)23-21)15-16-11-13-19(14-12-16)24(17-7-3-1-4-8-17)18-9-5-2-6-10-18/h1-14,20H,15H2,(H,23,25,27). The molecule has 134 valence electrons. The van der Waals surface area contributed by atoms with Crippen LogP contribution >= 0.6 is 12.2 Å². The van der Waals surface area contributed by atoms with Crippen LogP contribution in [0.2, 0.25) is 0 Å². The van der Waals surface area contributed by atoms with Crippen LogP contribution in [0.25, 0.3) is 0 Å². The van der Waals surface area contributed by atoms with E-state index in [1.165, 1.54) is 0 Å². The van der Waals surface area contributed by atoms with Gasteiger partial charge in [-0.3, -0.25) is 10.1 Å². The second-order valence-electron chi connectivity index (χ2n) is 6.26. The number of rotatable bonds is 5. The predicted molar refractivity (Wildman–Crippen MR) is 110 cm³/mol. The van der Waals surface area contributed by atoms with Crippen molar-refractivity contribution in [1.29, 1.82) is 0 Å². The number of nitrogens with zero attached hydrogens (tertiary/aromatic N) is 1. The number of carbonyl (C=O) groups excluding carboxylic acids is 1. The van der Waals surface area contributed by atoms with E-state index in [9.17, 15) is 4.79 Å². The molecule has 0 saturated carbocycles. The van der Waals surface area contributed by atoms with Gasteiger partial charge in [0.15, 0.2) is 6.10 Å². The Labute approximate surface area is 163 Å². The van der Waals surface area contributed by atoms with Gasteiger partial charge < -0.3 is 9.64 Å². The van der Waals surface area contributed by atoms with Gasteiger partial charge in [0, 0.05) is 23.5 Å². The van der Waals surface area contributed by atoms with E-state index in [0.29, 0.717) is 6.42 Å². The fraction of sp³-hybridized carbons (Fsp3) is 0.0909. The zero-order valence-electron chi connectivity index (χ0n) is 14.5. The second-order valence-corrected chi connectivity index (χ2v) is 6.63. The smallest absolute Gasteiger partial charge is 0.268 e. The summed E-state index contributed by atoms with van der Waals surface area (Å²) in [6.45, 7) is 0. The van der Waals surface area contributed by atoms with Crippen molar-refractivity contribution < 1.29 is 9.53 Å². The molecule has 0 aliphatic carbocycles. The van der Waals surface area contributed by atoms with E-state index in [4.69, 9.17) is 17.0 Å². The van der Waals surface area contributed by atoms with Crippen molar-refractivity contribution in [3.8, 4) is 0 Å². The predicted octanol–water partition coefficient (Wildman–Crippen LogP) is 4.50. The normalized spacial score (nSPS) is 15.9. The van der Waals surface area contributed by atoms with E-state index in [1.807, 2.05) is 48.5 Å². The number of hydrogen-bond acceptors (Lipinski definition) is 4. The van der Waals surface area contributed by atoms with E-state index in [2.05, 4.69) is 46.6 Å². The maximum absolute atomic E-state index is 11.8. The van der Waals surface area contributed by atoms with Gasteiger partial charge in [-0.05, 0) is 54.2 Å². The highest BCUT2D eigenvalue weighted by Crippen LogP contribution is 2.34. The monoisotopic (exact) mass is 374 g/mol. The Morgan fingerprint density at radius 2 is 1.33 bits per heavy atom. The maximum atomic E-state index is 11.8. The molecule has 1 heterocycles. The molecule has 0 bridgehead atoms. The Bertz CT molecular complexity index is 904. The van der Waals surface area contributed by atoms with Gasteiger partial charge in [-0.15, -0.1) is 0 Å². The number of ether oxygens (including phenoxy) is 1. The molecule has 0 radical (unpaired) electrons. The number of benzene rings is 3. The molecule has 5 heteroatoms. The topological polar surface area (TPSA) is 41.6 Å². The number of amides is 1. The van der Waals surface area contributed by atoms with Gasteiger partial charge in [0.25, 0.3) is 11.1 Å². The van der Waals surface area contributed by atoms with E-state index in [1.54, 1.807) is 0 Å². The van der Waals surface area contributed by atoms with Crippen molar-refractivity contribution in [3.63, 3.8) is 0 Å². The van der Waals surface area contributed by atoms with Gasteiger partial charge in [0.05, 0.1) is 0 Å². The highest BCUT2D eigenvalue weighted by atomic mass is 32.1. The molecule has 1 N–H and O–H groups in total. The number of nitrogens with one attached hydrogen (secondary N) is 1. The Morgan fingerprint density at radius 3 is 1.81 bits per heavy atom. The molecule has 4 rings (SSSR count). The summed E-state index contributed by atoms with van der Waals surface area (Å²) in [6.07, 6.45) is -0.0640. The summed E-state index contributed by atoms with van der Waals surface area (Å²) in [5.74, 6) is -0.181. The molecule has 4 nitrogen and oxygen atoms in total. The van der Waals surface area contributed by atoms with Gasteiger partial charge in [-0.1, -0.05) is 48.5 Å². The maximum Gasteiger partial charge on any atom is 0.268 e. The fourth-order valence-corrected chi connectivity index (χ4v) is 3.34. The molecule has 1 amide bonds. The van der Waals surface area contributed by atoms with Crippen LogP contribution in [0, 0.1) is 0 Å². The third-order valence-corrected chi connectivity index (χ3v) is 4.61. The second kappa shape index (κ2) is 7.60. The van der Waals surface area contributed by atoms with Crippen LogP contribution in [0.3, 0.4) is 0 Å². The van der Waals surface area contributed by atoms with Crippen molar-refractivity contribution in [2.24, 2.45) is 0 Å². The zero-order valence-corrected chi connectivity index (χ0v) is 15.4. The summed E-state index contributed by atoms with van der Waals surface area (Å²) >= 11 is 4.89. The molecule has 3 aromatic rings. The first-order chi connectivity index (χ1) is 13.2. The van der Waals surface area contributed by atoms with E-state index >= 15 is 0 Å². The van der Waals surface area contributed by atoms with Gasteiger partial charge in [-0.25, -0.2) is 0 Å². The lowest BCUT2D eigenvalue weighted by molar-refractivity contribution is -0.123. The number of carbonyl (C=O) groups is 1. The summed E-state index contributed by atoms with van der Waals surface area (Å²) < 4.78 is 5.35. The van der Waals surface area contributed by atoms with E-state index < -0.39 is 6.10 Å². The van der Waals surface area contributed by atoms with Gasteiger partial charge in [-0.2, -0.15) is 0 Å². The van der Waals surface area contributed by atoms with Crippen LogP contribution in [0.4, 0.5) is 17.1 Å². The summed E-state index contributed by atoms with van der Waals surface area (Å²) in [5.41, 5.74) is 4.23. The Hall–Kier alpha value is -3.18. The van der Waals surface area contributed by atoms with Crippen molar-refractivity contribution in [1.82, 2.24) is 5.32 Å². The first kappa shape index (κ1) is 17.2. The van der Waals surface area contributed by atoms with Crippen molar-refractivity contribution >= 4 is 40.4 Å². The molecule has 1 fully saturated rings. The highest BCUT2D eigenvalue weighted by molar-refractivity contribution is 7.80. The summed E-state index contributed by atoms with van der Waals surface area (Å²) in [7, 11) is 0. The van der Waals surface area contributed by atoms with Gasteiger partial charge >= 0.3 is 0 Å². The van der Waals surface area contributed by atoms with Crippen LogP contribution in [0.15, 0.2) is 84.9 Å². The molecule has 3 aromatic carbocycles. The molecular formula is C22H18N2O2S. The van der Waals surface area contributed by atoms with Crippen molar-refractivity contribution in [2.75, 3.05) is 4.90 Å². The molecule has 1 aliphatic heterocycles. The number of anilines is 3. The van der Waals surface area contributed by atoms with Crippen LogP contribution in [0.1, 0.15) is 5.56 Å². The molecule has 1 atom stereocenters. The third-order valence-electron chi connectivity index (χ3n) is 4.41. The molecular weight excluding hydrogens is 356 g/mol. The lowest BCUT2D eigenvalue weighted by atomic mass is 10.1. The third kappa shape index (κ3) is 3.83. The molecule has 1 unspecified atom stereocenters. The highest BCUT2D eigenvalue weighted by Gasteiger charge is 2.29. The van der Waals surface area contributed by atoms with Crippen LogP contribution in [0.5, 0.6) is 0 Å². The molecule has 1 aliphatic rings. The van der Waals surface area contributed by atoms with Crippen LogP contribution in [-0.2, 0) is 16.0 Å². The first-order valence-electron chi connectivity index (χ1n) is 8.71. The van der Waals surface area contributed by atoms with E-state index in [0.717, 1.165) is 22.6 Å². The lowest BCUT2D eigenvalue weighted by Gasteiger charge is -2.25. The Morgan fingerprint density at radius 1 is 0.815 bits per heavy atom. The minimum atomic E-state index is -0.553. The van der Waals surface area contributed by atoms with Crippen molar-refractivity contribution in [2.45, 2.75) is 12.5 Å². The zero-order chi connectivity index (χ0) is 18.6. The Balaban J connectivity index is 1.61. The molecule has 0 aromatic heterocycles. The average molecular weight is 374 g/mol. The van der Waals surface area contributed by atoms with Crippen LogP contribution in [-0.4, -0.2) is 17.2 Å². The SMILES string of the molecule is O=C1NC(=S)OC1Cc1ccc(N(c2ccccc2)c2ccccc2)cc1. The summed E-state index contributed by atoms with van der Waals surface area (Å²) in [6, 6.07) is 28.6. The molecule has 0 spiro atoms. The minimum Gasteiger partial charge on any atom is -0.457 e. The fourth-order valence-electron chi connectivity index (χ4n) is 3.12. The average Bonchev–Trinajstić information content (AvgIpc) is 3.02. The number of para-hydroxylation sites is 2. The summed E-state index contributed by atoms with van der Waals surface area (Å²) in [4.78, 5) is 14.0. The largest absolute Gasteiger partial charge is 0.457 e. The van der Waals surface area contributed by atoms with Gasteiger partial charge in [0.2, 0.25) is 0 Å². The number of hydrogen-bond donors (Lipinski definition) is 1. The minimum absolute atomic E-state index is 0.154. The van der Waals surface area contributed by atoms with Crippen molar-refractivity contribution in [3.05, 3.63) is 90.5 Å². The quantitative estimate of drug-likeness (QED) is 0.668. The summed E-state index contributed by atoms with van der Waals surface area (Å²) in [5, 5.41) is 2.68.